The second-order valence-corrected chi connectivity index (χ2v) is 9.58. The number of ether oxygens (including phenoxy) is 1. The molecule has 1 aromatic rings. The quantitative estimate of drug-likeness (QED) is 0.560. The average molecular weight is 473 g/mol. The smallest absolute Gasteiger partial charge is 0.308 e. The van der Waals surface area contributed by atoms with Gasteiger partial charge in [-0.3, -0.25) is 19.2 Å². The molecule has 0 saturated carbocycles. The van der Waals surface area contributed by atoms with E-state index in [0.29, 0.717) is 30.3 Å². The largest absolute Gasteiger partial charge is 0.465 e. The molecule has 9 nitrogen and oxygen atoms in total. The second kappa shape index (κ2) is 11.9. The van der Waals surface area contributed by atoms with Crippen molar-refractivity contribution >= 4 is 29.4 Å². The summed E-state index contributed by atoms with van der Waals surface area (Å²) in [6.07, 6.45) is 1.84. The predicted octanol–water partition coefficient (Wildman–Crippen LogP) is 1.89. The van der Waals surface area contributed by atoms with E-state index in [9.17, 15) is 19.2 Å². The minimum absolute atomic E-state index is 0.00504. The van der Waals surface area contributed by atoms with Crippen LogP contribution in [0.3, 0.4) is 0 Å². The lowest BCUT2D eigenvalue weighted by atomic mass is 9.98. The third-order valence-electron chi connectivity index (χ3n) is 6.21. The SMILES string of the molecule is CC(C)COC(=O)CC1C(=O)NCCN1C(=O)CNc1cccc(C(=O)N2CCC(C)CC2)c1. The van der Waals surface area contributed by atoms with E-state index in [1.807, 2.05) is 18.7 Å². The molecule has 0 aromatic heterocycles. The summed E-state index contributed by atoms with van der Waals surface area (Å²) in [5.41, 5.74) is 1.23. The molecule has 34 heavy (non-hydrogen) atoms. The molecule has 2 heterocycles. The van der Waals surface area contributed by atoms with Crippen LogP contribution in [0.5, 0.6) is 0 Å². The van der Waals surface area contributed by atoms with E-state index in [0.717, 1.165) is 25.9 Å². The number of hydrogen-bond donors (Lipinski definition) is 2. The second-order valence-electron chi connectivity index (χ2n) is 9.58. The van der Waals surface area contributed by atoms with Gasteiger partial charge in [-0.15, -0.1) is 0 Å². The molecule has 0 spiro atoms. The number of anilines is 1. The number of nitrogens with one attached hydrogen (secondary N) is 2. The van der Waals surface area contributed by atoms with Crippen molar-refractivity contribution in [2.75, 3.05) is 44.6 Å². The van der Waals surface area contributed by atoms with Crippen molar-refractivity contribution < 1.29 is 23.9 Å². The van der Waals surface area contributed by atoms with Crippen LogP contribution in [0.2, 0.25) is 0 Å². The molecule has 2 aliphatic rings. The minimum Gasteiger partial charge on any atom is -0.465 e. The number of carbonyl (C=O) groups excluding carboxylic acids is 4. The number of amides is 3. The molecule has 0 radical (unpaired) electrons. The molecular weight excluding hydrogens is 436 g/mol. The van der Waals surface area contributed by atoms with Gasteiger partial charge in [0, 0.05) is 37.4 Å². The lowest BCUT2D eigenvalue weighted by Gasteiger charge is -2.34. The first-order valence-corrected chi connectivity index (χ1v) is 12.1. The summed E-state index contributed by atoms with van der Waals surface area (Å²) >= 11 is 0. The number of benzene rings is 1. The van der Waals surface area contributed by atoms with Gasteiger partial charge < -0.3 is 25.2 Å². The maximum absolute atomic E-state index is 12.9. The van der Waals surface area contributed by atoms with Crippen molar-refractivity contribution in [2.24, 2.45) is 11.8 Å². The van der Waals surface area contributed by atoms with E-state index in [2.05, 4.69) is 17.6 Å². The maximum Gasteiger partial charge on any atom is 0.308 e. The number of piperidine rings is 1. The fraction of sp³-hybridized carbons (Fsp3) is 0.600. The van der Waals surface area contributed by atoms with E-state index in [-0.39, 0.29) is 43.2 Å². The molecule has 0 aliphatic carbocycles. The average Bonchev–Trinajstić information content (AvgIpc) is 2.82. The van der Waals surface area contributed by atoms with Gasteiger partial charge >= 0.3 is 5.97 Å². The van der Waals surface area contributed by atoms with Crippen LogP contribution >= 0.6 is 0 Å². The van der Waals surface area contributed by atoms with Crippen LogP contribution in [0.15, 0.2) is 24.3 Å². The van der Waals surface area contributed by atoms with Crippen molar-refractivity contribution in [2.45, 2.75) is 46.1 Å². The van der Waals surface area contributed by atoms with Gasteiger partial charge in [-0.05, 0) is 42.9 Å². The van der Waals surface area contributed by atoms with E-state index in [1.165, 1.54) is 4.90 Å². The monoisotopic (exact) mass is 472 g/mol. The van der Waals surface area contributed by atoms with E-state index in [4.69, 9.17) is 4.74 Å². The van der Waals surface area contributed by atoms with Crippen molar-refractivity contribution in [3.8, 4) is 0 Å². The fourth-order valence-corrected chi connectivity index (χ4v) is 4.13. The Balaban J connectivity index is 1.58. The number of nitrogens with zero attached hydrogens (tertiary/aromatic N) is 2. The summed E-state index contributed by atoms with van der Waals surface area (Å²) in [6.45, 7) is 8.45. The molecule has 2 saturated heterocycles. The fourth-order valence-electron chi connectivity index (χ4n) is 4.13. The Bertz CT molecular complexity index is 895. The summed E-state index contributed by atoms with van der Waals surface area (Å²) in [5, 5.41) is 5.78. The van der Waals surface area contributed by atoms with Crippen LogP contribution in [0.4, 0.5) is 5.69 Å². The molecule has 1 atom stereocenters. The first-order valence-electron chi connectivity index (χ1n) is 12.1. The standard InChI is InChI=1S/C25H36N4O5/c1-17(2)16-34-23(31)14-21-24(32)26-9-12-29(21)22(30)15-27-20-6-4-5-19(13-20)25(33)28-10-7-18(3)8-11-28/h4-6,13,17-18,21,27H,7-12,14-16H2,1-3H3,(H,26,32). The van der Waals surface area contributed by atoms with E-state index >= 15 is 0 Å². The number of esters is 1. The van der Waals surface area contributed by atoms with Gasteiger partial charge in [0.1, 0.15) is 6.04 Å². The van der Waals surface area contributed by atoms with Gasteiger partial charge in [-0.25, -0.2) is 0 Å². The molecule has 2 aliphatic heterocycles. The zero-order valence-corrected chi connectivity index (χ0v) is 20.3. The van der Waals surface area contributed by atoms with Gasteiger partial charge in [0.25, 0.3) is 5.91 Å². The van der Waals surface area contributed by atoms with E-state index < -0.39 is 12.0 Å². The number of piperazine rings is 1. The summed E-state index contributed by atoms with van der Waals surface area (Å²) in [6, 6.07) is 6.22. The molecule has 2 fully saturated rings. The highest BCUT2D eigenvalue weighted by Gasteiger charge is 2.35. The summed E-state index contributed by atoms with van der Waals surface area (Å²) in [7, 11) is 0. The molecule has 3 amide bonds. The zero-order valence-electron chi connectivity index (χ0n) is 20.3. The van der Waals surface area contributed by atoms with Gasteiger partial charge in [0.2, 0.25) is 11.8 Å². The van der Waals surface area contributed by atoms with Gasteiger partial charge in [-0.2, -0.15) is 0 Å². The van der Waals surface area contributed by atoms with Crippen molar-refractivity contribution in [1.29, 1.82) is 0 Å². The third-order valence-corrected chi connectivity index (χ3v) is 6.21. The van der Waals surface area contributed by atoms with Crippen molar-refractivity contribution in [3.05, 3.63) is 29.8 Å². The Kier molecular flexibility index (Phi) is 8.90. The number of rotatable bonds is 8. The Labute approximate surface area is 201 Å². The van der Waals surface area contributed by atoms with Crippen LogP contribution in [0.1, 0.15) is 50.4 Å². The maximum atomic E-state index is 12.9. The number of carbonyl (C=O) groups is 4. The van der Waals surface area contributed by atoms with Crippen LogP contribution in [-0.4, -0.2) is 78.9 Å². The first-order chi connectivity index (χ1) is 16.2. The first kappa shape index (κ1) is 25.5. The highest BCUT2D eigenvalue weighted by Crippen LogP contribution is 2.20. The summed E-state index contributed by atoms with van der Waals surface area (Å²) in [5.74, 6) is -0.329. The molecular formula is C25H36N4O5. The van der Waals surface area contributed by atoms with Crippen molar-refractivity contribution in [1.82, 2.24) is 15.1 Å². The molecule has 9 heteroatoms. The Morgan fingerprint density at radius 2 is 1.91 bits per heavy atom. The van der Waals surface area contributed by atoms with Gasteiger partial charge in [-0.1, -0.05) is 26.8 Å². The Morgan fingerprint density at radius 1 is 1.18 bits per heavy atom. The Hall–Kier alpha value is -3.10. The van der Waals surface area contributed by atoms with Gasteiger partial charge in [0.05, 0.1) is 19.6 Å². The van der Waals surface area contributed by atoms with E-state index in [1.54, 1.807) is 24.3 Å². The zero-order chi connectivity index (χ0) is 24.7. The topological polar surface area (TPSA) is 108 Å². The van der Waals surface area contributed by atoms with Gasteiger partial charge in [0.15, 0.2) is 0 Å². The predicted molar refractivity (Wildman–Crippen MR) is 128 cm³/mol. The number of hydrogen-bond acceptors (Lipinski definition) is 6. The highest BCUT2D eigenvalue weighted by molar-refractivity contribution is 5.96. The molecule has 1 aromatic carbocycles. The molecule has 2 N–H and O–H groups in total. The molecule has 1 unspecified atom stereocenters. The third kappa shape index (κ3) is 6.95. The summed E-state index contributed by atoms with van der Waals surface area (Å²) < 4.78 is 5.19. The van der Waals surface area contributed by atoms with Crippen molar-refractivity contribution in [3.63, 3.8) is 0 Å². The number of likely N-dealkylation sites (tertiary alicyclic amines) is 1. The van der Waals surface area contributed by atoms with Crippen LogP contribution in [-0.2, 0) is 19.1 Å². The lowest BCUT2D eigenvalue weighted by molar-refractivity contribution is -0.152. The lowest BCUT2D eigenvalue weighted by Crippen LogP contribution is -2.58. The van der Waals surface area contributed by atoms with Crippen LogP contribution in [0, 0.1) is 11.8 Å². The van der Waals surface area contributed by atoms with Crippen LogP contribution < -0.4 is 10.6 Å². The Morgan fingerprint density at radius 3 is 2.62 bits per heavy atom. The normalized spacial score (nSPS) is 19.1. The van der Waals surface area contributed by atoms with Crippen LogP contribution in [0.25, 0.3) is 0 Å². The minimum atomic E-state index is -0.892. The molecule has 3 rings (SSSR count). The summed E-state index contributed by atoms with van der Waals surface area (Å²) in [4.78, 5) is 53.6. The molecule has 186 valence electrons. The molecule has 0 bridgehead atoms. The highest BCUT2D eigenvalue weighted by atomic mass is 16.5.